The molecule has 0 spiro atoms. The van der Waals surface area contributed by atoms with E-state index in [4.69, 9.17) is 28.5 Å². The number of hydrogen-bond acceptors (Lipinski definition) is 2. The summed E-state index contributed by atoms with van der Waals surface area (Å²) < 4.78 is 15.0. The molecule has 0 bridgehead atoms. The molecule has 2 rings (SSSR count). The maximum atomic E-state index is 13.9. The Morgan fingerprint density at radius 2 is 2.16 bits per heavy atom. The van der Waals surface area contributed by atoms with Gasteiger partial charge >= 0.3 is 0 Å². The van der Waals surface area contributed by atoms with Crippen LogP contribution in [0.15, 0.2) is 18.2 Å². The molecule has 0 atom stereocenters. The van der Waals surface area contributed by atoms with Gasteiger partial charge in [-0.15, -0.1) is 0 Å². The molecule has 2 aromatic rings. The predicted molar refractivity (Wildman–Crippen MR) is 72.3 cm³/mol. The van der Waals surface area contributed by atoms with Crippen LogP contribution >= 0.6 is 23.2 Å². The van der Waals surface area contributed by atoms with Gasteiger partial charge in [-0.1, -0.05) is 42.6 Å². The van der Waals surface area contributed by atoms with Crippen LogP contribution < -0.4 is 0 Å². The van der Waals surface area contributed by atoms with Gasteiger partial charge < -0.3 is 0 Å². The zero-order valence-corrected chi connectivity index (χ0v) is 11.6. The number of halogens is 3. The Morgan fingerprint density at radius 1 is 1.42 bits per heavy atom. The van der Waals surface area contributed by atoms with Crippen LogP contribution in [-0.4, -0.2) is 9.78 Å². The van der Waals surface area contributed by atoms with Gasteiger partial charge in [0.1, 0.15) is 23.1 Å². The number of nitriles is 1. The maximum Gasteiger partial charge on any atom is 0.151 e. The number of aryl methyl sites for hydroxylation is 1. The van der Waals surface area contributed by atoms with Crippen molar-refractivity contribution in [2.24, 2.45) is 0 Å². The lowest BCUT2D eigenvalue weighted by Crippen LogP contribution is -2.01. The van der Waals surface area contributed by atoms with Gasteiger partial charge in [0.05, 0.1) is 10.7 Å². The van der Waals surface area contributed by atoms with Crippen molar-refractivity contribution in [1.29, 1.82) is 5.26 Å². The van der Waals surface area contributed by atoms with E-state index >= 15 is 0 Å². The summed E-state index contributed by atoms with van der Waals surface area (Å²) in [7, 11) is 0. The number of para-hydroxylation sites is 1. The molecule has 6 heteroatoms. The van der Waals surface area contributed by atoms with E-state index < -0.39 is 5.82 Å². The van der Waals surface area contributed by atoms with Crippen molar-refractivity contribution in [1.82, 2.24) is 9.78 Å². The minimum atomic E-state index is -0.538. The number of rotatable bonds is 3. The highest BCUT2D eigenvalue weighted by molar-refractivity contribution is 6.33. The highest BCUT2D eigenvalue weighted by Crippen LogP contribution is 2.29. The van der Waals surface area contributed by atoms with Crippen LogP contribution in [0.5, 0.6) is 0 Å². The molecule has 1 aromatic heterocycles. The fraction of sp³-hybridized carbons (Fsp3) is 0.231. The molecule has 1 heterocycles. The summed E-state index contributed by atoms with van der Waals surface area (Å²) in [5, 5.41) is 13.6. The van der Waals surface area contributed by atoms with Crippen LogP contribution in [0.4, 0.5) is 4.39 Å². The van der Waals surface area contributed by atoms with Crippen LogP contribution in [0, 0.1) is 17.1 Å². The normalized spacial score (nSPS) is 10.5. The molecule has 0 unspecified atom stereocenters. The fourth-order valence-corrected chi connectivity index (χ4v) is 2.32. The summed E-state index contributed by atoms with van der Waals surface area (Å²) in [5.41, 5.74) is 0.880. The number of benzene rings is 1. The minimum absolute atomic E-state index is 0.0630. The number of aromatic nitrogens is 2. The first kappa shape index (κ1) is 13.9. The smallest absolute Gasteiger partial charge is 0.151 e. The second kappa shape index (κ2) is 5.60. The summed E-state index contributed by atoms with van der Waals surface area (Å²) in [4.78, 5) is 0. The van der Waals surface area contributed by atoms with E-state index in [1.54, 1.807) is 6.07 Å². The first-order valence-corrected chi connectivity index (χ1v) is 6.47. The summed E-state index contributed by atoms with van der Waals surface area (Å²) >= 11 is 12.1. The zero-order valence-electron chi connectivity index (χ0n) is 10.1. The maximum absolute atomic E-state index is 13.9. The lowest BCUT2D eigenvalue weighted by Gasteiger charge is -2.06. The van der Waals surface area contributed by atoms with Crippen molar-refractivity contribution in [3.05, 3.63) is 45.4 Å². The highest BCUT2D eigenvalue weighted by Gasteiger charge is 2.20. The van der Waals surface area contributed by atoms with E-state index in [1.165, 1.54) is 16.8 Å². The first-order valence-electron chi connectivity index (χ1n) is 5.72. The van der Waals surface area contributed by atoms with E-state index in [0.717, 1.165) is 6.42 Å². The van der Waals surface area contributed by atoms with Crippen molar-refractivity contribution in [3.8, 4) is 11.8 Å². The molecule has 0 saturated heterocycles. The van der Waals surface area contributed by atoms with Gasteiger partial charge in [0, 0.05) is 0 Å². The van der Waals surface area contributed by atoms with Crippen molar-refractivity contribution in [2.75, 3.05) is 0 Å². The standard InChI is InChI=1S/C13H10Cl2FN3/c1-2-4-11-8(7-17)13(15)19(18-11)12-9(14)5-3-6-10(12)16/h3,5-6H,2,4H2,1H3. The van der Waals surface area contributed by atoms with E-state index in [2.05, 4.69) is 5.10 Å². The molecule has 0 radical (unpaired) electrons. The lowest BCUT2D eigenvalue weighted by atomic mass is 10.2. The fourth-order valence-electron chi connectivity index (χ4n) is 1.80. The third kappa shape index (κ3) is 2.44. The Labute approximate surface area is 120 Å². The van der Waals surface area contributed by atoms with Gasteiger partial charge in [0.15, 0.2) is 5.15 Å². The van der Waals surface area contributed by atoms with Crippen molar-refractivity contribution in [2.45, 2.75) is 19.8 Å². The lowest BCUT2D eigenvalue weighted by molar-refractivity contribution is 0.609. The predicted octanol–water partition coefficient (Wildman–Crippen LogP) is 4.14. The molecule has 1 aromatic carbocycles. The third-order valence-electron chi connectivity index (χ3n) is 2.65. The van der Waals surface area contributed by atoms with E-state index in [1.807, 2.05) is 13.0 Å². The van der Waals surface area contributed by atoms with E-state index in [9.17, 15) is 4.39 Å². The Bertz CT molecular complexity index is 638. The number of nitrogens with zero attached hydrogens (tertiary/aromatic N) is 3. The van der Waals surface area contributed by atoms with Crippen molar-refractivity contribution in [3.63, 3.8) is 0 Å². The van der Waals surface area contributed by atoms with Gasteiger partial charge in [0.25, 0.3) is 0 Å². The van der Waals surface area contributed by atoms with Crippen LogP contribution in [0.3, 0.4) is 0 Å². The van der Waals surface area contributed by atoms with Gasteiger partial charge in [-0.2, -0.15) is 10.4 Å². The molecule has 0 N–H and O–H groups in total. The summed E-state index contributed by atoms with van der Waals surface area (Å²) in [5.74, 6) is -0.538. The van der Waals surface area contributed by atoms with Gasteiger partial charge in [-0.05, 0) is 18.6 Å². The van der Waals surface area contributed by atoms with Gasteiger partial charge in [-0.25, -0.2) is 9.07 Å². The second-order valence-corrected chi connectivity index (χ2v) is 4.72. The van der Waals surface area contributed by atoms with Crippen LogP contribution in [0.2, 0.25) is 10.2 Å². The molecule has 0 amide bonds. The second-order valence-electron chi connectivity index (χ2n) is 3.96. The van der Waals surface area contributed by atoms with Crippen LogP contribution in [0.1, 0.15) is 24.6 Å². The summed E-state index contributed by atoms with van der Waals surface area (Å²) in [6, 6.07) is 6.31. The molecule has 0 saturated carbocycles. The largest absolute Gasteiger partial charge is 0.216 e. The molecule has 98 valence electrons. The SMILES string of the molecule is CCCc1nn(-c2c(F)cccc2Cl)c(Cl)c1C#N. The quantitative estimate of drug-likeness (QED) is 0.854. The molecule has 0 aliphatic carbocycles. The number of hydrogen-bond donors (Lipinski definition) is 0. The molecule has 0 fully saturated rings. The Kier molecular flexibility index (Phi) is 4.08. The Balaban J connectivity index is 2.67. The monoisotopic (exact) mass is 297 g/mol. The Morgan fingerprint density at radius 3 is 2.74 bits per heavy atom. The molecular weight excluding hydrogens is 288 g/mol. The zero-order chi connectivity index (χ0) is 14.0. The molecule has 0 aliphatic heterocycles. The van der Waals surface area contributed by atoms with Gasteiger partial charge in [-0.3, -0.25) is 0 Å². The Hall–Kier alpha value is -1.57. The van der Waals surface area contributed by atoms with Crippen molar-refractivity contribution < 1.29 is 4.39 Å². The molecule has 0 aliphatic rings. The average molecular weight is 298 g/mol. The average Bonchev–Trinajstić information content (AvgIpc) is 2.66. The van der Waals surface area contributed by atoms with Crippen LogP contribution in [-0.2, 0) is 6.42 Å². The van der Waals surface area contributed by atoms with Crippen molar-refractivity contribution >= 4 is 23.2 Å². The van der Waals surface area contributed by atoms with Gasteiger partial charge in [0.2, 0.25) is 0 Å². The first-order chi connectivity index (χ1) is 9.10. The van der Waals surface area contributed by atoms with E-state index in [-0.39, 0.29) is 21.4 Å². The summed E-state index contributed by atoms with van der Waals surface area (Å²) in [6.07, 6.45) is 1.41. The molecule has 3 nitrogen and oxygen atoms in total. The minimum Gasteiger partial charge on any atom is -0.216 e. The van der Waals surface area contributed by atoms with E-state index in [0.29, 0.717) is 12.1 Å². The topological polar surface area (TPSA) is 41.6 Å². The molecular formula is C13H10Cl2FN3. The third-order valence-corrected chi connectivity index (χ3v) is 3.30. The van der Waals surface area contributed by atoms with Crippen LogP contribution in [0.25, 0.3) is 5.69 Å². The molecule has 19 heavy (non-hydrogen) atoms. The summed E-state index contributed by atoms with van der Waals surface area (Å²) in [6.45, 7) is 1.96. The highest BCUT2D eigenvalue weighted by atomic mass is 35.5.